The molecule has 3 nitrogen and oxygen atoms in total. The molecule has 0 aliphatic rings. The summed E-state index contributed by atoms with van der Waals surface area (Å²) >= 11 is 0. The maximum absolute atomic E-state index is 6.30. The van der Waals surface area contributed by atoms with E-state index in [9.17, 15) is 0 Å². The smallest absolute Gasteiger partial charge is 0.0654 e. The lowest BCUT2D eigenvalue weighted by Gasteiger charge is -2.35. The van der Waals surface area contributed by atoms with Gasteiger partial charge in [-0.2, -0.15) is 0 Å². The van der Waals surface area contributed by atoms with E-state index in [1.807, 2.05) is 0 Å². The second-order valence-electron chi connectivity index (χ2n) is 9.10. The lowest BCUT2D eigenvalue weighted by atomic mass is 9.98. The highest BCUT2D eigenvalue weighted by molar-refractivity contribution is 4.78. The molecule has 0 fully saturated rings. The molecule has 2 atom stereocenters. The highest BCUT2D eigenvalue weighted by Crippen LogP contribution is 2.26. The molecule has 0 bridgehead atoms. The van der Waals surface area contributed by atoms with Crippen LogP contribution in [-0.4, -0.2) is 36.6 Å². The van der Waals surface area contributed by atoms with Crippen LogP contribution >= 0.6 is 0 Å². The summed E-state index contributed by atoms with van der Waals surface area (Å²) in [7, 11) is 0. The summed E-state index contributed by atoms with van der Waals surface area (Å²) in [5.41, 5.74) is -0.344. The molecule has 2 unspecified atom stereocenters. The van der Waals surface area contributed by atoms with Crippen molar-refractivity contribution in [1.82, 2.24) is 0 Å². The largest absolute Gasteiger partial charge is 0.378 e. The van der Waals surface area contributed by atoms with Gasteiger partial charge in [-0.15, -0.1) is 0 Å². The van der Waals surface area contributed by atoms with Gasteiger partial charge in [0.2, 0.25) is 0 Å². The maximum Gasteiger partial charge on any atom is 0.0654 e. The van der Waals surface area contributed by atoms with Crippen LogP contribution < -0.4 is 0 Å². The number of hydrogen-bond acceptors (Lipinski definition) is 3. The summed E-state index contributed by atoms with van der Waals surface area (Å²) in [4.78, 5) is 0. The first-order valence-corrected chi connectivity index (χ1v) is 9.26. The minimum atomic E-state index is -0.191. The predicted octanol–water partition coefficient (Wildman–Crippen LogP) is 5.46. The van der Waals surface area contributed by atoms with Crippen LogP contribution in [0, 0.1) is 11.8 Å². The Morgan fingerprint density at radius 2 is 1.13 bits per heavy atom. The monoisotopic (exact) mass is 330 g/mol. The maximum atomic E-state index is 6.30. The van der Waals surface area contributed by atoms with E-state index >= 15 is 0 Å². The standard InChI is InChI=1S/C20H42O3/c1-15(2)13-21-17(5)11-20(9,10)23-18(6)12-19(7,8)22-14-16(3)4/h15-18H,11-14H2,1-10H3. The average molecular weight is 331 g/mol. The van der Waals surface area contributed by atoms with Crippen LogP contribution in [0.15, 0.2) is 0 Å². The zero-order valence-electron chi connectivity index (χ0n) is 17.4. The van der Waals surface area contributed by atoms with E-state index < -0.39 is 0 Å². The molecule has 0 aliphatic heterocycles. The van der Waals surface area contributed by atoms with Gasteiger partial charge in [-0.3, -0.25) is 0 Å². The van der Waals surface area contributed by atoms with Gasteiger partial charge in [0, 0.05) is 26.1 Å². The van der Waals surface area contributed by atoms with E-state index in [1.165, 1.54) is 0 Å². The summed E-state index contributed by atoms with van der Waals surface area (Å²) in [6.07, 6.45) is 2.16. The van der Waals surface area contributed by atoms with Gasteiger partial charge >= 0.3 is 0 Å². The van der Waals surface area contributed by atoms with Crippen LogP contribution in [0.5, 0.6) is 0 Å². The quantitative estimate of drug-likeness (QED) is 0.475. The molecule has 0 aliphatic carbocycles. The van der Waals surface area contributed by atoms with Gasteiger partial charge in [-0.05, 0) is 53.4 Å². The lowest BCUT2D eigenvalue weighted by molar-refractivity contribution is -0.126. The van der Waals surface area contributed by atoms with Crippen LogP contribution in [0.3, 0.4) is 0 Å². The average Bonchev–Trinajstić information content (AvgIpc) is 2.31. The van der Waals surface area contributed by atoms with Crippen molar-refractivity contribution in [2.24, 2.45) is 11.8 Å². The molecule has 0 aromatic rings. The Morgan fingerprint density at radius 3 is 1.61 bits per heavy atom. The fraction of sp³-hybridized carbons (Fsp3) is 1.00. The molecule has 140 valence electrons. The Balaban J connectivity index is 4.31. The van der Waals surface area contributed by atoms with Gasteiger partial charge in [0.25, 0.3) is 0 Å². The van der Waals surface area contributed by atoms with E-state index in [2.05, 4.69) is 69.2 Å². The molecule has 0 rings (SSSR count). The van der Waals surface area contributed by atoms with E-state index in [0.29, 0.717) is 11.8 Å². The van der Waals surface area contributed by atoms with Gasteiger partial charge in [0.05, 0.1) is 23.4 Å². The van der Waals surface area contributed by atoms with Crippen molar-refractivity contribution in [3.05, 3.63) is 0 Å². The Hall–Kier alpha value is -0.120. The lowest BCUT2D eigenvalue weighted by Crippen LogP contribution is -2.38. The molecule has 3 heteroatoms. The van der Waals surface area contributed by atoms with Crippen molar-refractivity contribution >= 4 is 0 Å². The molecule has 0 aromatic heterocycles. The van der Waals surface area contributed by atoms with Crippen molar-refractivity contribution in [2.45, 2.75) is 105 Å². The summed E-state index contributed by atoms with van der Waals surface area (Å²) in [5.74, 6) is 1.13. The Labute approximate surface area is 145 Å². The minimum Gasteiger partial charge on any atom is -0.378 e. The molecule has 0 heterocycles. The minimum absolute atomic E-state index is 0.153. The van der Waals surface area contributed by atoms with Crippen LogP contribution in [0.25, 0.3) is 0 Å². The third-order valence-corrected chi connectivity index (χ3v) is 3.60. The summed E-state index contributed by atoms with van der Waals surface area (Å²) in [6, 6.07) is 0. The predicted molar refractivity (Wildman–Crippen MR) is 99.0 cm³/mol. The third-order valence-electron chi connectivity index (χ3n) is 3.60. The zero-order valence-corrected chi connectivity index (χ0v) is 17.4. The van der Waals surface area contributed by atoms with Crippen LogP contribution in [0.2, 0.25) is 0 Å². The number of hydrogen-bond donors (Lipinski definition) is 0. The topological polar surface area (TPSA) is 27.7 Å². The van der Waals surface area contributed by atoms with E-state index in [-0.39, 0.29) is 23.4 Å². The van der Waals surface area contributed by atoms with Gasteiger partial charge in [0.15, 0.2) is 0 Å². The van der Waals surface area contributed by atoms with Crippen LogP contribution in [0.4, 0.5) is 0 Å². The molecule has 0 saturated carbocycles. The van der Waals surface area contributed by atoms with Crippen molar-refractivity contribution in [3.8, 4) is 0 Å². The summed E-state index contributed by atoms with van der Waals surface area (Å²) in [6.45, 7) is 23.2. The molecule has 0 N–H and O–H groups in total. The van der Waals surface area contributed by atoms with Gasteiger partial charge < -0.3 is 14.2 Å². The normalized spacial score (nSPS) is 16.2. The van der Waals surface area contributed by atoms with Crippen molar-refractivity contribution in [3.63, 3.8) is 0 Å². The SMILES string of the molecule is CC(C)COC(C)CC(C)(C)OC(C)CC(C)(C)OCC(C)C. The van der Waals surface area contributed by atoms with E-state index in [4.69, 9.17) is 14.2 Å². The Morgan fingerprint density at radius 1 is 0.652 bits per heavy atom. The molecule has 23 heavy (non-hydrogen) atoms. The molecular weight excluding hydrogens is 288 g/mol. The first-order chi connectivity index (χ1) is 10.3. The molecule has 0 saturated heterocycles. The first-order valence-electron chi connectivity index (χ1n) is 9.26. The Kier molecular flexibility index (Phi) is 9.95. The van der Waals surface area contributed by atoms with Crippen molar-refractivity contribution in [1.29, 1.82) is 0 Å². The van der Waals surface area contributed by atoms with Crippen molar-refractivity contribution in [2.75, 3.05) is 13.2 Å². The fourth-order valence-corrected chi connectivity index (χ4v) is 2.89. The molecule has 0 radical (unpaired) electrons. The first kappa shape index (κ1) is 22.9. The molecule has 0 aromatic carbocycles. The van der Waals surface area contributed by atoms with Gasteiger partial charge in [-0.1, -0.05) is 27.7 Å². The van der Waals surface area contributed by atoms with Gasteiger partial charge in [-0.25, -0.2) is 0 Å². The molecule has 0 amide bonds. The summed E-state index contributed by atoms with van der Waals surface area (Å²) < 4.78 is 18.2. The van der Waals surface area contributed by atoms with Gasteiger partial charge in [0.1, 0.15) is 0 Å². The fourth-order valence-electron chi connectivity index (χ4n) is 2.89. The highest BCUT2D eigenvalue weighted by Gasteiger charge is 2.29. The third kappa shape index (κ3) is 12.9. The summed E-state index contributed by atoms with van der Waals surface area (Å²) in [5, 5.41) is 0. The van der Waals surface area contributed by atoms with E-state index in [1.54, 1.807) is 0 Å². The van der Waals surface area contributed by atoms with Crippen molar-refractivity contribution < 1.29 is 14.2 Å². The zero-order chi connectivity index (χ0) is 18.3. The Bertz CT molecular complexity index is 308. The van der Waals surface area contributed by atoms with Crippen LogP contribution in [-0.2, 0) is 14.2 Å². The number of ether oxygens (including phenoxy) is 3. The number of rotatable bonds is 12. The highest BCUT2D eigenvalue weighted by atomic mass is 16.5. The van der Waals surface area contributed by atoms with E-state index in [0.717, 1.165) is 26.1 Å². The van der Waals surface area contributed by atoms with Crippen LogP contribution in [0.1, 0.15) is 82.1 Å². The molecule has 0 spiro atoms. The molecular formula is C20H42O3. The second-order valence-corrected chi connectivity index (χ2v) is 9.10. The second kappa shape index (κ2) is 10.0.